The van der Waals surface area contributed by atoms with E-state index in [0.29, 0.717) is 52.9 Å². The predicted octanol–water partition coefficient (Wildman–Crippen LogP) is -3.77. The maximum atomic E-state index is 5.71. The van der Waals surface area contributed by atoms with Gasteiger partial charge in [0.1, 0.15) is 0 Å². The molecule has 9 heteroatoms. The first-order valence-electron chi connectivity index (χ1n) is 8.14. The van der Waals surface area contributed by atoms with Gasteiger partial charge in [-0.3, -0.25) is 9.97 Å². The van der Waals surface area contributed by atoms with E-state index in [0.717, 1.165) is 22.5 Å². The second-order valence-corrected chi connectivity index (χ2v) is 5.35. The zero-order valence-corrected chi connectivity index (χ0v) is 18.5. The number of halogens is 2. The summed E-state index contributed by atoms with van der Waals surface area (Å²) in [7, 11) is 0. The van der Waals surface area contributed by atoms with Crippen LogP contribution in [-0.4, -0.2) is 49.6 Å². The fourth-order valence-electron chi connectivity index (χ4n) is 2.46. The molecule has 0 spiro atoms. The Labute approximate surface area is 186 Å². The van der Waals surface area contributed by atoms with Crippen LogP contribution in [0.15, 0.2) is 36.7 Å². The Morgan fingerprint density at radius 1 is 0.593 bits per heavy atom. The van der Waals surface area contributed by atoms with Crippen molar-refractivity contribution in [1.82, 2.24) is 9.97 Å². The third kappa shape index (κ3) is 8.53. The van der Waals surface area contributed by atoms with Crippen LogP contribution in [0.4, 0.5) is 0 Å². The number of aromatic nitrogens is 2. The van der Waals surface area contributed by atoms with E-state index in [2.05, 4.69) is 9.97 Å². The Morgan fingerprint density at radius 2 is 0.963 bits per heavy atom. The summed E-state index contributed by atoms with van der Waals surface area (Å²) >= 11 is 0. The van der Waals surface area contributed by atoms with E-state index in [9.17, 15) is 0 Å². The van der Waals surface area contributed by atoms with Gasteiger partial charge in [0, 0.05) is 23.5 Å². The Bertz CT molecular complexity index is 597. The summed E-state index contributed by atoms with van der Waals surface area (Å²) in [4.78, 5) is 9.02. The molecule has 0 saturated carbocycles. The normalized spacial score (nSPS) is 15.7. The minimum absolute atomic E-state index is 0. The van der Waals surface area contributed by atoms with E-state index in [4.69, 9.17) is 18.9 Å². The standard InChI is InChI=1S/C18H22N2O4.2ClH.Pt/c1-3-15-13-23-11-9-21-7-8-22-10-12-24-14-16-4-2-6-20-18(16)17(15)19-5-1;;;/h1-6H,7-14H2;2*1H;/q;;;+2/p-2. The quantitative estimate of drug-likeness (QED) is 0.312. The maximum absolute atomic E-state index is 5.71. The number of nitrogens with zero attached hydrogens (tertiary/aromatic N) is 2. The summed E-state index contributed by atoms with van der Waals surface area (Å²) in [6.07, 6.45) is 3.54. The number of hydrogen-bond donors (Lipinski definition) is 0. The van der Waals surface area contributed by atoms with Crippen LogP contribution in [0.2, 0.25) is 0 Å². The topological polar surface area (TPSA) is 62.7 Å². The fourth-order valence-corrected chi connectivity index (χ4v) is 2.46. The summed E-state index contributed by atoms with van der Waals surface area (Å²) in [6.45, 7) is 4.23. The first-order chi connectivity index (χ1) is 11.9. The summed E-state index contributed by atoms with van der Waals surface area (Å²) in [5, 5.41) is 0. The minimum atomic E-state index is 0. The molecule has 0 N–H and O–H groups in total. The molecule has 6 nitrogen and oxygen atoms in total. The molecule has 0 radical (unpaired) electrons. The molecule has 0 fully saturated rings. The zero-order valence-electron chi connectivity index (χ0n) is 14.7. The second kappa shape index (κ2) is 15.3. The van der Waals surface area contributed by atoms with Crippen LogP contribution >= 0.6 is 0 Å². The fraction of sp³-hybridized carbons (Fsp3) is 0.444. The smallest absolute Gasteiger partial charge is 1.00 e. The van der Waals surface area contributed by atoms with Gasteiger partial charge in [0.25, 0.3) is 0 Å². The molecule has 1 aliphatic heterocycles. The van der Waals surface area contributed by atoms with Gasteiger partial charge < -0.3 is 43.8 Å². The molecular weight excluding hydrogens is 574 g/mol. The van der Waals surface area contributed by atoms with Gasteiger partial charge in [0.05, 0.1) is 64.2 Å². The van der Waals surface area contributed by atoms with Crippen molar-refractivity contribution in [2.45, 2.75) is 13.2 Å². The molecule has 2 aromatic heterocycles. The van der Waals surface area contributed by atoms with Crippen molar-refractivity contribution in [3.8, 4) is 11.4 Å². The molecule has 27 heavy (non-hydrogen) atoms. The Kier molecular flexibility index (Phi) is 15.0. The SMILES string of the molecule is [Cl-].[Cl-].[Pt+2].c1cnc2c(c1)COCCOCCOCCOCc1cccnc1-2. The summed E-state index contributed by atoms with van der Waals surface area (Å²) in [6, 6.07) is 7.85. The van der Waals surface area contributed by atoms with Crippen molar-refractivity contribution in [3.05, 3.63) is 47.8 Å². The predicted molar refractivity (Wildman–Crippen MR) is 88.4 cm³/mol. The van der Waals surface area contributed by atoms with E-state index in [1.807, 2.05) is 24.3 Å². The third-order valence-electron chi connectivity index (χ3n) is 3.64. The van der Waals surface area contributed by atoms with E-state index in [1.165, 1.54) is 0 Å². The van der Waals surface area contributed by atoms with Gasteiger partial charge in [0.2, 0.25) is 0 Å². The number of ether oxygens (including phenoxy) is 4. The molecular formula is C18H22Cl2N2O4Pt. The van der Waals surface area contributed by atoms with E-state index >= 15 is 0 Å². The molecule has 1 aliphatic rings. The average molecular weight is 596 g/mol. The molecule has 0 amide bonds. The van der Waals surface area contributed by atoms with Gasteiger partial charge in [-0.2, -0.15) is 0 Å². The molecule has 3 rings (SSSR count). The van der Waals surface area contributed by atoms with Crippen LogP contribution in [-0.2, 0) is 53.2 Å². The van der Waals surface area contributed by atoms with Crippen molar-refractivity contribution < 1.29 is 64.8 Å². The van der Waals surface area contributed by atoms with Gasteiger partial charge in [0.15, 0.2) is 0 Å². The van der Waals surface area contributed by atoms with Crippen LogP contribution in [0.1, 0.15) is 11.1 Å². The number of rotatable bonds is 0. The molecule has 0 saturated heterocycles. The third-order valence-corrected chi connectivity index (χ3v) is 3.64. The van der Waals surface area contributed by atoms with Gasteiger partial charge in [-0.15, -0.1) is 0 Å². The molecule has 0 bridgehead atoms. The van der Waals surface area contributed by atoms with Crippen LogP contribution in [0.25, 0.3) is 11.4 Å². The van der Waals surface area contributed by atoms with E-state index < -0.39 is 0 Å². The monoisotopic (exact) mass is 595 g/mol. The summed E-state index contributed by atoms with van der Waals surface area (Å²) < 4.78 is 22.3. The largest absolute Gasteiger partial charge is 2.00 e. The molecule has 0 aliphatic carbocycles. The maximum Gasteiger partial charge on any atom is 2.00 e. The average Bonchev–Trinajstić information content (AvgIpc) is 2.62. The van der Waals surface area contributed by atoms with Crippen LogP contribution in [0.5, 0.6) is 0 Å². The Hall–Kier alpha value is -0.592. The summed E-state index contributed by atoms with van der Waals surface area (Å²) in [5.41, 5.74) is 3.68. The summed E-state index contributed by atoms with van der Waals surface area (Å²) in [5.74, 6) is 0. The Balaban J connectivity index is 0.00000225. The van der Waals surface area contributed by atoms with Crippen LogP contribution in [0.3, 0.4) is 0 Å². The molecule has 152 valence electrons. The van der Waals surface area contributed by atoms with Crippen LogP contribution < -0.4 is 24.8 Å². The van der Waals surface area contributed by atoms with Crippen molar-refractivity contribution in [1.29, 1.82) is 0 Å². The van der Waals surface area contributed by atoms with E-state index in [1.54, 1.807) is 12.4 Å². The molecule has 0 atom stereocenters. The van der Waals surface area contributed by atoms with E-state index in [-0.39, 0.29) is 45.9 Å². The van der Waals surface area contributed by atoms with Crippen molar-refractivity contribution in [2.75, 3.05) is 39.6 Å². The Morgan fingerprint density at radius 3 is 1.37 bits per heavy atom. The van der Waals surface area contributed by atoms with Gasteiger partial charge in [-0.1, -0.05) is 12.1 Å². The first-order valence-corrected chi connectivity index (χ1v) is 8.14. The number of hydrogen-bond acceptors (Lipinski definition) is 6. The van der Waals surface area contributed by atoms with Gasteiger partial charge in [-0.25, -0.2) is 0 Å². The first kappa shape index (κ1) is 26.4. The molecule has 3 heterocycles. The van der Waals surface area contributed by atoms with Crippen LogP contribution in [0, 0.1) is 0 Å². The molecule has 0 aromatic carbocycles. The second-order valence-electron chi connectivity index (χ2n) is 5.35. The number of pyridine rings is 2. The van der Waals surface area contributed by atoms with Crippen molar-refractivity contribution >= 4 is 0 Å². The van der Waals surface area contributed by atoms with Crippen molar-refractivity contribution in [2.24, 2.45) is 0 Å². The van der Waals surface area contributed by atoms with Gasteiger partial charge >= 0.3 is 21.1 Å². The molecule has 0 unspecified atom stereocenters. The molecule has 2 aromatic rings. The zero-order chi connectivity index (χ0) is 16.5. The minimum Gasteiger partial charge on any atom is -1.00 e. The van der Waals surface area contributed by atoms with Crippen molar-refractivity contribution in [3.63, 3.8) is 0 Å². The number of fused-ring (bicyclic) bond motifs is 3. The van der Waals surface area contributed by atoms with Gasteiger partial charge in [-0.05, 0) is 12.1 Å².